The van der Waals surface area contributed by atoms with E-state index in [1.165, 1.54) is 5.01 Å². The minimum absolute atomic E-state index is 0.230. The summed E-state index contributed by atoms with van der Waals surface area (Å²) >= 11 is -0.743. The zero-order chi connectivity index (χ0) is 17.3. The van der Waals surface area contributed by atoms with Crippen LogP contribution in [0.2, 0.25) is 0 Å². The van der Waals surface area contributed by atoms with E-state index < -0.39 is 38.8 Å². The number of hydrogen-bond donors (Lipinski definition) is 3. The summed E-state index contributed by atoms with van der Waals surface area (Å²) in [5.41, 5.74) is 2.65. The molecule has 0 aromatic heterocycles. The van der Waals surface area contributed by atoms with E-state index in [1.807, 2.05) is 30.3 Å². The lowest BCUT2D eigenvalue weighted by atomic mass is 10.2. The molecule has 0 aliphatic heterocycles. The molecule has 3 N–H and O–H groups in total. The third-order valence-electron chi connectivity index (χ3n) is 2.74. The Hall–Kier alpha value is -1.71. The van der Waals surface area contributed by atoms with Crippen LogP contribution >= 0.6 is 21.0 Å². The van der Waals surface area contributed by atoms with Gasteiger partial charge in [-0.3, -0.25) is 3.56 Å². The third-order valence-corrected chi connectivity index (χ3v) is 4.96. The molecule has 3 amide bonds. The molecular weight excluding hydrogens is 411 g/mol. The van der Waals surface area contributed by atoms with Gasteiger partial charge < -0.3 is 10.1 Å². The van der Waals surface area contributed by atoms with Gasteiger partial charge in [0.15, 0.2) is 0 Å². The van der Waals surface area contributed by atoms with Gasteiger partial charge in [0.25, 0.3) is 0 Å². The fourth-order valence-corrected chi connectivity index (χ4v) is 2.82. The van der Waals surface area contributed by atoms with Crippen LogP contribution in [0.15, 0.2) is 30.3 Å². The number of amides is 3. The lowest BCUT2D eigenvalue weighted by molar-refractivity contribution is 0.0414. The zero-order valence-electron chi connectivity index (χ0n) is 13.6. The van der Waals surface area contributed by atoms with Crippen LogP contribution in [0.25, 0.3) is 0 Å². The summed E-state index contributed by atoms with van der Waals surface area (Å²) in [4.78, 5) is 24.1. The summed E-state index contributed by atoms with van der Waals surface area (Å²) in [7, 11) is 0. The Morgan fingerprint density at radius 1 is 1.30 bits per heavy atom. The van der Waals surface area contributed by atoms with Gasteiger partial charge in [-0.05, 0) is 47.4 Å². The summed E-state index contributed by atoms with van der Waals surface area (Å²) < 4.78 is 13.2. The Kier molecular flexibility index (Phi) is 7.93. The number of carbonyl (C=O) groups excluding carboxylic acids is 2. The summed E-state index contributed by atoms with van der Waals surface area (Å²) in [5.74, 6) is 0. The molecule has 0 spiro atoms. The molecule has 1 aromatic carbocycles. The number of ether oxygens (including phenoxy) is 1. The fraction of sp³-hybridized carbons (Fsp3) is 0.467. The van der Waals surface area contributed by atoms with Crippen molar-refractivity contribution in [2.45, 2.75) is 32.9 Å². The van der Waals surface area contributed by atoms with E-state index in [4.69, 9.17) is 8.30 Å². The van der Waals surface area contributed by atoms with E-state index in [1.54, 1.807) is 20.8 Å². The number of nitrogens with zero attached hydrogens (tertiary/aromatic N) is 1. The van der Waals surface area contributed by atoms with Crippen molar-refractivity contribution in [2.75, 3.05) is 11.0 Å². The number of carbonyl (C=O) groups is 2. The smallest absolute Gasteiger partial charge is 0.426 e. The van der Waals surface area contributed by atoms with E-state index in [0.717, 1.165) is 5.56 Å². The monoisotopic (exact) mass is 434 g/mol. The maximum atomic E-state index is 12.1. The molecule has 0 unspecified atom stereocenters. The first-order valence-corrected chi connectivity index (χ1v) is 9.82. The molecule has 0 aliphatic carbocycles. The summed E-state index contributed by atoms with van der Waals surface area (Å²) in [6.45, 7) is 6.00. The number of rotatable bonds is 6. The lowest BCUT2D eigenvalue weighted by Crippen LogP contribution is -2.51. The molecule has 0 atom stereocenters. The number of alkyl halides is 1. The van der Waals surface area contributed by atoms with Gasteiger partial charge in [0.2, 0.25) is 0 Å². The number of nitrogens with one attached hydrogen (secondary N) is 3. The van der Waals surface area contributed by atoms with Crippen molar-refractivity contribution < 1.29 is 14.3 Å². The van der Waals surface area contributed by atoms with Crippen molar-refractivity contribution in [1.82, 2.24) is 15.8 Å². The summed E-state index contributed by atoms with van der Waals surface area (Å²) in [5, 5.41) is 3.84. The topological polar surface area (TPSA) is 94.5 Å². The number of halogens is 1. The van der Waals surface area contributed by atoms with Crippen LogP contribution < -0.4 is 10.7 Å². The second-order valence-electron chi connectivity index (χ2n) is 5.44. The van der Waals surface area contributed by atoms with Gasteiger partial charge in [-0.1, -0.05) is 30.3 Å². The van der Waals surface area contributed by atoms with E-state index in [9.17, 15) is 9.59 Å². The molecule has 1 rings (SSSR count). The molecule has 0 heterocycles. The number of hydrazine groups is 1. The molecule has 0 fully saturated rings. The van der Waals surface area contributed by atoms with Crippen LogP contribution in [0.3, 0.4) is 0 Å². The number of benzene rings is 1. The van der Waals surface area contributed by atoms with Crippen LogP contribution in [0.1, 0.15) is 26.3 Å². The van der Waals surface area contributed by atoms with Crippen molar-refractivity contribution >= 4 is 33.2 Å². The molecule has 0 saturated carbocycles. The maximum absolute atomic E-state index is 12.1. The van der Waals surface area contributed by atoms with Crippen molar-refractivity contribution in [3.05, 3.63) is 35.9 Å². The first-order chi connectivity index (χ1) is 10.9. The third kappa shape index (κ3) is 7.40. The van der Waals surface area contributed by atoms with Crippen molar-refractivity contribution in [3.8, 4) is 0 Å². The molecule has 8 heteroatoms. The first-order valence-electron chi connectivity index (χ1n) is 7.21. The van der Waals surface area contributed by atoms with Crippen LogP contribution in [-0.4, -0.2) is 33.7 Å². The van der Waals surface area contributed by atoms with Gasteiger partial charge in [-0.2, -0.15) is 0 Å². The Labute approximate surface area is 146 Å². The van der Waals surface area contributed by atoms with Crippen LogP contribution in [0, 0.1) is 3.56 Å². The highest BCUT2D eigenvalue weighted by Gasteiger charge is 2.24. The molecule has 128 valence electrons. The Morgan fingerprint density at radius 2 is 1.96 bits per heavy atom. The second kappa shape index (κ2) is 9.43. The van der Waals surface area contributed by atoms with Crippen molar-refractivity contribution in [2.24, 2.45) is 0 Å². The molecule has 0 bridgehead atoms. The van der Waals surface area contributed by atoms with Crippen LogP contribution in [0.4, 0.5) is 9.59 Å². The lowest BCUT2D eigenvalue weighted by Gasteiger charge is -2.27. The largest absolute Gasteiger partial charge is 0.441 e. The molecule has 0 saturated heterocycles. The van der Waals surface area contributed by atoms with E-state index in [-0.39, 0.29) is 6.54 Å². The molecule has 7 nitrogen and oxygen atoms in total. The summed E-state index contributed by atoms with van der Waals surface area (Å²) in [6.07, 6.45) is -0.699. The average Bonchev–Trinajstić information content (AvgIpc) is 2.47. The van der Waals surface area contributed by atoms with E-state index in [0.29, 0.717) is 11.0 Å². The van der Waals surface area contributed by atoms with Gasteiger partial charge in [-0.15, -0.1) is 0 Å². The highest BCUT2D eigenvalue weighted by molar-refractivity contribution is 14.1. The molecular formula is C15H23IN4O3. The predicted molar refractivity (Wildman–Crippen MR) is 96.4 cm³/mol. The number of hydrogen-bond acceptors (Lipinski definition) is 4. The molecule has 23 heavy (non-hydrogen) atoms. The van der Waals surface area contributed by atoms with Gasteiger partial charge in [0.1, 0.15) is 5.60 Å². The van der Waals surface area contributed by atoms with E-state index >= 15 is 0 Å². The van der Waals surface area contributed by atoms with Crippen LogP contribution in [0.5, 0.6) is 0 Å². The van der Waals surface area contributed by atoms with Gasteiger partial charge in [0.05, 0.1) is 11.0 Å². The normalized spacial score (nSPS) is 10.7. The Morgan fingerprint density at radius 3 is 2.52 bits per heavy atom. The van der Waals surface area contributed by atoms with E-state index in [2.05, 4.69) is 10.7 Å². The molecule has 1 aromatic rings. The summed E-state index contributed by atoms with van der Waals surface area (Å²) in [6, 6.07) is 8.95. The number of urea groups is 1. The predicted octanol–water partition coefficient (Wildman–Crippen LogP) is 3.37. The Balaban J connectivity index is 2.74. The first kappa shape index (κ1) is 19.3. The van der Waals surface area contributed by atoms with Crippen molar-refractivity contribution in [1.29, 1.82) is 3.56 Å². The van der Waals surface area contributed by atoms with Crippen molar-refractivity contribution in [3.63, 3.8) is 0 Å². The fourth-order valence-electron chi connectivity index (χ4n) is 1.75. The minimum Gasteiger partial charge on any atom is -0.441 e. The van der Waals surface area contributed by atoms with Crippen LogP contribution in [-0.2, 0) is 11.3 Å². The molecule has 0 aliphatic rings. The highest BCUT2D eigenvalue weighted by Crippen LogP contribution is 2.16. The maximum Gasteiger partial charge on any atom is 0.426 e. The Bertz CT molecular complexity index is 537. The highest BCUT2D eigenvalue weighted by atomic mass is 127. The average molecular weight is 434 g/mol. The minimum atomic E-state index is -0.743. The standard InChI is InChI=1S/C15H23IN4O3/c1-4-18-13(21)20(10-12-8-6-5-7-9-12)19-14(22)23-15(2,3)11-16-17/h5-9,17H,4,10-11H2,1-3H3,(H,18,21)(H,19,22). The molecule has 0 radical (unpaired) electrons. The van der Waals surface area contributed by atoms with Gasteiger partial charge in [0, 0.05) is 6.54 Å². The SMILES string of the molecule is CCNC(=O)N(Cc1ccccc1)NC(=O)OC(C)(C)CI=N. The van der Waals surface area contributed by atoms with Gasteiger partial charge >= 0.3 is 12.1 Å². The quantitative estimate of drug-likeness (QED) is 0.364. The van der Waals surface area contributed by atoms with Gasteiger partial charge in [-0.25, -0.2) is 20.0 Å². The zero-order valence-corrected chi connectivity index (χ0v) is 15.7. The second-order valence-corrected chi connectivity index (χ2v) is 6.96.